The normalized spacial score (nSPS) is 22.2. The van der Waals surface area contributed by atoms with Crippen LogP contribution in [0.15, 0.2) is 30.3 Å². The standard InChI is InChI=1S/C9H10O6P2/c10-16(11,15-17(12,13)14)9-6-5-7-3-1-2-4-8(7)9/h1-6,9H,(H,10,11)(H2,12,13,14). The Morgan fingerprint density at radius 1 is 1.12 bits per heavy atom. The third-order valence-corrected chi connectivity index (χ3v) is 5.29. The zero-order chi connectivity index (χ0) is 12.7. The second-order valence-electron chi connectivity index (χ2n) is 3.57. The van der Waals surface area contributed by atoms with Crippen molar-refractivity contribution in [1.82, 2.24) is 0 Å². The van der Waals surface area contributed by atoms with Crippen molar-refractivity contribution < 1.29 is 28.1 Å². The van der Waals surface area contributed by atoms with Gasteiger partial charge in [-0.25, -0.2) is 8.88 Å². The van der Waals surface area contributed by atoms with Crippen molar-refractivity contribution in [3.63, 3.8) is 0 Å². The highest BCUT2D eigenvalue weighted by Crippen LogP contribution is 2.67. The fourth-order valence-electron chi connectivity index (χ4n) is 1.72. The maximum Gasteiger partial charge on any atom is 0.476 e. The van der Waals surface area contributed by atoms with Gasteiger partial charge in [-0.3, -0.25) is 4.57 Å². The Kier molecular flexibility index (Phi) is 3.12. The van der Waals surface area contributed by atoms with Gasteiger partial charge in [-0.15, -0.1) is 0 Å². The number of benzene rings is 1. The Bertz CT molecular complexity index is 560. The fourth-order valence-corrected chi connectivity index (χ4v) is 4.23. The predicted octanol–water partition coefficient (Wildman–Crippen LogP) is 2.05. The van der Waals surface area contributed by atoms with Crippen molar-refractivity contribution in [3.05, 3.63) is 41.5 Å². The van der Waals surface area contributed by atoms with Crippen LogP contribution in [0.25, 0.3) is 6.08 Å². The van der Waals surface area contributed by atoms with Gasteiger partial charge in [0.2, 0.25) is 0 Å². The largest absolute Gasteiger partial charge is 0.476 e. The maximum absolute atomic E-state index is 11.8. The number of hydrogen-bond donors (Lipinski definition) is 3. The first-order chi connectivity index (χ1) is 7.80. The van der Waals surface area contributed by atoms with Crippen LogP contribution in [0, 0.1) is 0 Å². The molecule has 0 bridgehead atoms. The first kappa shape index (κ1) is 12.7. The molecule has 0 radical (unpaired) electrons. The monoisotopic (exact) mass is 276 g/mol. The lowest BCUT2D eigenvalue weighted by molar-refractivity contribution is 0.261. The molecule has 1 aliphatic rings. The predicted molar refractivity (Wildman–Crippen MR) is 61.2 cm³/mol. The van der Waals surface area contributed by atoms with Gasteiger partial charge in [-0.2, -0.15) is 0 Å². The van der Waals surface area contributed by atoms with Crippen LogP contribution >= 0.6 is 15.4 Å². The van der Waals surface area contributed by atoms with Gasteiger partial charge in [0.15, 0.2) is 0 Å². The van der Waals surface area contributed by atoms with Crippen LogP contribution in [-0.2, 0) is 13.4 Å². The molecule has 2 atom stereocenters. The van der Waals surface area contributed by atoms with Gasteiger partial charge in [-0.1, -0.05) is 36.4 Å². The number of allylic oxidation sites excluding steroid dienone is 1. The summed E-state index contributed by atoms with van der Waals surface area (Å²) in [5.41, 5.74) is 0.221. The summed E-state index contributed by atoms with van der Waals surface area (Å²) in [4.78, 5) is 26.8. The van der Waals surface area contributed by atoms with E-state index in [-0.39, 0.29) is 0 Å². The van der Waals surface area contributed by atoms with Crippen molar-refractivity contribution in [2.75, 3.05) is 0 Å². The summed E-state index contributed by atoms with van der Waals surface area (Å²) in [6.45, 7) is 0. The van der Waals surface area contributed by atoms with Crippen LogP contribution in [0.1, 0.15) is 16.8 Å². The second-order valence-corrected chi connectivity index (χ2v) is 6.89. The summed E-state index contributed by atoms with van der Waals surface area (Å²) < 4.78 is 26.4. The fraction of sp³-hybridized carbons (Fsp3) is 0.111. The molecule has 3 N–H and O–H groups in total. The van der Waals surface area contributed by atoms with Crippen LogP contribution in [0.3, 0.4) is 0 Å². The maximum atomic E-state index is 11.8. The van der Waals surface area contributed by atoms with Crippen molar-refractivity contribution in [3.8, 4) is 0 Å². The van der Waals surface area contributed by atoms with Crippen molar-refractivity contribution in [2.24, 2.45) is 0 Å². The third-order valence-electron chi connectivity index (χ3n) is 2.35. The molecular formula is C9H10O6P2. The van der Waals surface area contributed by atoms with E-state index in [1.165, 1.54) is 6.08 Å². The molecular weight excluding hydrogens is 266 g/mol. The first-order valence-corrected chi connectivity index (χ1v) is 7.84. The van der Waals surface area contributed by atoms with E-state index < -0.39 is 21.1 Å². The molecule has 8 heteroatoms. The smallest absolute Gasteiger partial charge is 0.323 e. The molecule has 2 unspecified atom stereocenters. The quantitative estimate of drug-likeness (QED) is 0.730. The molecule has 6 nitrogen and oxygen atoms in total. The SMILES string of the molecule is O=P(O)(O)OP(=O)(O)C1C=Cc2ccccc21. The van der Waals surface area contributed by atoms with Gasteiger partial charge in [0.05, 0.1) is 0 Å². The summed E-state index contributed by atoms with van der Waals surface area (Å²) in [7, 11) is -9.44. The zero-order valence-electron chi connectivity index (χ0n) is 8.50. The van der Waals surface area contributed by atoms with E-state index in [1.807, 2.05) is 0 Å². The van der Waals surface area contributed by atoms with E-state index in [0.717, 1.165) is 5.56 Å². The number of phosphoric acid groups is 1. The van der Waals surface area contributed by atoms with Gasteiger partial charge in [0, 0.05) is 0 Å². The van der Waals surface area contributed by atoms with Gasteiger partial charge in [-0.05, 0) is 11.1 Å². The molecule has 92 valence electrons. The van der Waals surface area contributed by atoms with Crippen LogP contribution < -0.4 is 0 Å². The molecule has 1 aliphatic carbocycles. The van der Waals surface area contributed by atoms with E-state index in [9.17, 15) is 14.0 Å². The topological polar surface area (TPSA) is 104 Å². The number of rotatable bonds is 3. The third kappa shape index (κ3) is 2.75. The van der Waals surface area contributed by atoms with E-state index in [0.29, 0.717) is 5.56 Å². The summed E-state index contributed by atoms with van der Waals surface area (Å²) in [6, 6.07) is 6.79. The van der Waals surface area contributed by atoms with Gasteiger partial charge in [0.1, 0.15) is 5.66 Å². The van der Waals surface area contributed by atoms with Crippen LogP contribution in [0.4, 0.5) is 0 Å². The average Bonchev–Trinajstić information content (AvgIpc) is 2.57. The summed E-state index contributed by atoms with van der Waals surface area (Å²) in [6.07, 6.45) is 3.02. The van der Waals surface area contributed by atoms with Crippen LogP contribution in [0.5, 0.6) is 0 Å². The Morgan fingerprint density at radius 2 is 1.76 bits per heavy atom. The molecule has 0 heterocycles. The molecule has 0 saturated heterocycles. The first-order valence-electron chi connectivity index (χ1n) is 4.66. The zero-order valence-corrected chi connectivity index (χ0v) is 10.3. The molecule has 0 fully saturated rings. The lowest BCUT2D eigenvalue weighted by Crippen LogP contribution is -1.98. The van der Waals surface area contributed by atoms with Crippen molar-refractivity contribution in [1.29, 1.82) is 0 Å². The highest BCUT2D eigenvalue weighted by Gasteiger charge is 2.40. The van der Waals surface area contributed by atoms with E-state index >= 15 is 0 Å². The minimum Gasteiger partial charge on any atom is -0.323 e. The van der Waals surface area contributed by atoms with Crippen LogP contribution in [-0.4, -0.2) is 14.7 Å². The number of fused-ring (bicyclic) bond motifs is 1. The lowest BCUT2D eigenvalue weighted by Gasteiger charge is -2.18. The molecule has 0 aromatic heterocycles. The minimum atomic E-state index is -5.00. The molecule has 17 heavy (non-hydrogen) atoms. The van der Waals surface area contributed by atoms with Crippen molar-refractivity contribution >= 4 is 21.5 Å². The Labute approximate surface area is 97.3 Å². The Balaban J connectivity index is 2.35. The molecule has 2 rings (SSSR count). The van der Waals surface area contributed by atoms with Crippen molar-refractivity contribution in [2.45, 2.75) is 5.66 Å². The van der Waals surface area contributed by atoms with Gasteiger partial charge < -0.3 is 14.7 Å². The molecule has 0 aliphatic heterocycles. The average molecular weight is 276 g/mol. The molecule has 1 aromatic rings. The highest BCUT2D eigenvalue weighted by molar-refractivity contribution is 7.64. The summed E-state index contributed by atoms with van der Waals surface area (Å²) >= 11 is 0. The minimum absolute atomic E-state index is 0.520. The molecule has 1 aromatic carbocycles. The summed E-state index contributed by atoms with van der Waals surface area (Å²) in [5.74, 6) is 0. The Morgan fingerprint density at radius 3 is 2.41 bits per heavy atom. The van der Waals surface area contributed by atoms with Crippen LogP contribution in [0.2, 0.25) is 0 Å². The van der Waals surface area contributed by atoms with Gasteiger partial charge >= 0.3 is 15.4 Å². The number of hydrogen-bond acceptors (Lipinski definition) is 3. The van der Waals surface area contributed by atoms with Gasteiger partial charge in [0.25, 0.3) is 0 Å². The summed E-state index contributed by atoms with van der Waals surface area (Å²) in [5, 5.41) is 0. The molecule has 0 amide bonds. The van der Waals surface area contributed by atoms with E-state index in [4.69, 9.17) is 9.79 Å². The second kappa shape index (κ2) is 4.18. The van der Waals surface area contributed by atoms with E-state index in [2.05, 4.69) is 4.31 Å². The molecule has 0 saturated carbocycles. The Hall–Kier alpha value is -0.740. The lowest BCUT2D eigenvalue weighted by atomic mass is 10.1. The highest BCUT2D eigenvalue weighted by atomic mass is 31.3. The molecule has 0 spiro atoms. The van der Waals surface area contributed by atoms with E-state index in [1.54, 1.807) is 30.3 Å².